The van der Waals surface area contributed by atoms with Gasteiger partial charge in [0.2, 0.25) is 11.0 Å². The molecule has 24 heavy (non-hydrogen) atoms. The summed E-state index contributed by atoms with van der Waals surface area (Å²) in [5.41, 5.74) is 5.64. The van der Waals surface area contributed by atoms with Crippen molar-refractivity contribution in [3.8, 4) is 0 Å². The molecule has 0 radical (unpaired) electrons. The molecule has 0 aromatic carbocycles. The molecule has 0 aromatic rings. The summed E-state index contributed by atoms with van der Waals surface area (Å²) in [6, 6.07) is -1.31. The number of carboxylic acid groups (broad SMARTS) is 1. The van der Waals surface area contributed by atoms with E-state index >= 15 is 0 Å². The van der Waals surface area contributed by atoms with Crippen molar-refractivity contribution in [2.24, 2.45) is 10.7 Å². The molecule has 10 heteroatoms. The van der Waals surface area contributed by atoms with Gasteiger partial charge in [-0.1, -0.05) is 11.8 Å². The molecule has 0 aliphatic carbocycles. The number of nitrogens with two attached hydrogens (primary N) is 1. The molecule has 1 aliphatic heterocycles. The average molecular weight is 359 g/mol. The van der Waals surface area contributed by atoms with Crippen molar-refractivity contribution in [3.05, 3.63) is 0 Å². The fourth-order valence-corrected chi connectivity index (χ4v) is 2.96. The Bertz CT molecular complexity index is 498. The van der Waals surface area contributed by atoms with Gasteiger partial charge in [-0.3, -0.25) is 24.7 Å². The molecule has 0 bridgehead atoms. The highest BCUT2D eigenvalue weighted by Crippen LogP contribution is 2.19. The lowest BCUT2D eigenvalue weighted by molar-refractivity contribution is -0.139. The summed E-state index contributed by atoms with van der Waals surface area (Å²) < 4.78 is 0. The van der Waals surface area contributed by atoms with E-state index in [0.29, 0.717) is 37.5 Å². The van der Waals surface area contributed by atoms with Crippen LogP contribution in [0, 0.1) is 0 Å². The lowest BCUT2D eigenvalue weighted by Crippen LogP contribution is -2.46. The number of guanidine groups is 1. The van der Waals surface area contributed by atoms with E-state index in [1.165, 1.54) is 11.8 Å². The zero-order valence-electron chi connectivity index (χ0n) is 13.9. The number of nitrogens with one attached hydrogen (secondary N) is 2. The van der Waals surface area contributed by atoms with Crippen LogP contribution in [0.1, 0.15) is 19.3 Å². The Labute approximate surface area is 145 Å². The minimum atomic E-state index is -1.03. The second-order valence-corrected chi connectivity index (χ2v) is 6.72. The number of nitrogens with zero attached hydrogens (tertiary/aromatic N) is 2. The smallest absolute Gasteiger partial charge is 0.320 e. The molecular formula is C14H25N5O4S. The average Bonchev–Trinajstić information content (AvgIpc) is 2.90. The minimum absolute atomic E-state index is 0.0468. The molecule has 2 unspecified atom stereocenters. The number of aliphatic imine (C=N–C) groups is 1. The Morgan fingerprint density at radius 2 is 2.21 bits per heavy atom. The number of rotatable bonds is 9. The van der Waals surface area contributed by atoms with E-state index < -0.39 is 18.1 Å². The standard InChI is InChI=1S/C14H25N5O4S/c1-19(2)14(15)16-6-3-4-9(12(21)22)17-8-11(20)18-10-5-7-24-13(10)23/h9-10,17H,3-8H2,1-2H3,(H2,15,16)(H,18,20)(H,21,22). The number of carboxylic acids is 1. The zero-order valence-corrected chi connectivity index (χ0v) is 14.8. The van der Waals surface area contributed by atoms with Gasteiger partial charge >= 0.3 is 5.97 Å². The Morgan fingerprint density at radius 3 is 2.75 bits per heavy atom. The first-order chi connectivity index (χ1) is 11.3. The monoisotopic (exact) mass is 359 g/mol. The van der Waals surface area contributed by atoms with E-state index in [1.54, 1.807) is 19.0 Å². The topological polar surface area (TPSA) is 137 Å². The first-order valence-electron chi connectivity index (χ1n) is 7.70. The number of hydrogen-bond acceptors (Lipinski definition) is 6. The van der Waals surface area contributed by atoms with E-state index in [1.807, 2.05) is 0 Å². The molecule has 0 aromatic heterocycles. The van der Waals surface area contributed by atoms with Crippen molar-refractivity contribution in [2.75, 3.05) is 32.9 Å². The number of carbonyl (C=O) groups excluding carboxylic acids is 2. The third-order valence-corrected chi connectivity index (χ3v) is 4.47. The van der Waals surface area contributed by atoms with Gasteiger partial charge in [-0.05, 0) is 19.3 Å². The highest BCUT2D eigenvalue weighted by atomic mass is 32.2. The quantitative estimate of drug-likeness (QED) is 0.230. The Hall–Kier alpha value is -1.81. The van der Waals surface area contributed by atoms with Crippen molar-refractivity contribution < 1.29 is 19.5 Å². The van der Waals surface area contributed by atoms with Gasteiger partial charge in [0.25, 0.3) is 0 Å². The summed E-state index contributed by atoms with van der Waals surface area (Å²) in [6.45, 7) is 0.268. The van der Waals surface area contributed by atoms with Crippen LogP contribution in [0.4, 0.5) is 0 Å². The molecule has 1 saturated heterocycles. The number of aliphatic carboxylic acids is 1. The Morgan fingerprint density at radius 1 is 1.50 bits per heavy atom. The predicted molar refractivity (Wildman–Crippen MR) is 92.8 cm³/mol. The number of hydrogen-bond donors (Lipinski definition) is 4. The number of thioether (sulfide) groups is 1. The van der Waals surface area contributed by atoms with Gasteiger partial charge in [-0.15, -0.1) is 0 Å². The summed E-state index contributed by atoms with van der Waals surface area (Å²) >= 11 is 1.20. The molecule has 5 N–H and O–H groups in total. The maximum Gasteiger partial charge on any atom is 0.320 e. The fraction of sp³-hybridized carbons (Fsp3) is 0.714. The first kappa shape index (κ1) is 20.2. The summed E-state index contributed by atoms with van der Waals surface area (Å²) in [5.74, 6) is -0.323. The Balaban J connectivity index is 2.32. The van der Waals surface area contributed by atoms with E-state index in [0.717, 1.165) is 0 Å². The van der Waals surface area contributed by atoms with Gasteiger partial charge in [-0.2, -0.15) is 0 Å². The minimum Gasteiger partial charge on any atom is -0.480 e. The van der Waals surface area contributed by atoms with Crippen LogP contribution < -0.4 is 16.4 Å². The van der Waals surface area contributed by atoms with Crippen molar-refractivity contribution in [3.63, 3.8) is 0 Å². The van der Waals surface area contributed by atoms with E-state index in [-0.39, 0.29) is 17.6 Å². The van der Waals surface area contributed by atoms with E-state index in [2.05, 4.69) is 15.6 Å². The summed E-state index contributed by atoms with van der Waals surface area (Å²) in [6.07, 6.45) is 1.46. The third-order valence-electron chi connectivity index (χ3n) is 3.46. The van der Waals surface area contributed by atoms with Crippen LogP contribution in [0.5, 0.6) is 0 Å². The van der Waals surface area contributed by atoms with Crippen molar-refractivity contribution >= 4 is 34.7 Å². The SMILES string of the molecule is CN(C)C(N)=NCCCC(NCC(=O)NC1CCSC1=O)C(=O)O. The predicted octanol–water partition coefficient (Wildman–Crippen LogP) is -1.17. The van der Waals surface area contributed by atoms with Gasteiger partial charge in [0.1, 0.15) is 6.04 Å². The summed E-state index contributed by atoms with van der Waals surface area (Å²) in [4.78, 5) is 40.2. The molecule has 1 aliphatic rings. The van der Waals surface area contributed by atoms with Crippen molar-refractivity contribution in [2.45, 2.75) is 31.3 Å². The fourth-order valence-electron chi connectivity index (χ4n) is 2.03. The van der Waals surface area contributed by atoms with Crippen molar-refractivity contribution in [1.82, 2.24) is 15.5 Å². The van der Waals surface area contributed by atoms with Crippen LogP contribution in [-0.2, 0) is 14.4 Å². The second kappa shape index (κ2) is 10.1. The maximum absolute atomic E-state index is 11.8. The third kappa shape index (κ3) is 7.18. The Kier molecular flexibility index (Phi) is 8.55. The molecule has 1 rings (SSSR count). The molecule has 136 valence electrons. The van der Waals surface area contributed by atoms with Crippen molar-refractivity contribution in [1.29, 1.82) is 0 Å². The number of carbonyl (C=O) groups is 3. The van der Waals surface area contributed by atoms with Crippen LogP contribution in [0.25, 0.3) is 0 Å². The molecule has 1 fully saturated rings. The highest BCUT2D eigenvalue weighted by molar-refractivity contribution is 8.14. The molecular weight excluding hydrogens is 334 g/mol. The normalized spacial score (nSPS) is 19.2. The largest absolute Gasteiger partial charge is 0.480 e. The van der Waals surface area contributed by atoms with Gasteiger partial charge in [0.05, 0.1) is 12.6 Å². The first-order valence-corrected chi connectivity index (χ1v) is 8.69. The summed E-state index contributed by atoms with van der Waals surface area (Å²) in [7, 11) is 3.54. The molecule has 0 spiro atoms. The van der Waals surface area contributed by atoms with E-state index in [9.17, 15) is 19.5 Å². The highest BCUT2D eigenvalue weighted by Gasteiger charge is 2.27. The molecule has 0 saturated carbocycles. The molecule has 2 atom stereocenters. The van der Waals surface area contributed by atoms with Gasteiger partial charge < -0.3 is 21.1 Å². The molecule has 9 nitrogen and oxygen atoms in total. The van der Waals surface area contributed by atoms with E-state index in [4.69, 9.17) is 5.73 Å². The van der Waals surface area contributed by atoms with Crippen LogP contribution >= 0.6 is 11.8 Å². The second-order valence-electron chi connectivity index (χ2n) is 5.62. The van der Waals surface area contributed by atoms with Gasteiger partial charge in [0, 0.05) is 26.4 Å². The van der Waals surface area contributed by atoms with Crippen LogP contribution in [-0.4, -0.2) is 78.0 Å². The molecule has 1 heterocycles. The zero-order chi connectivity index (χ0) is 18.1. The lowest BCUT2D eigenvalue weighted by atomic mass is 10.1. The molecule has 1 amide bonds. The van der Waals surface area contributed by atoms with Gasteiger partial charge in [-0.25, -0.2) is 0 Å². The van der Waals surface area contributed by atoms with Crippen LogP contribution in [0.2, 0.25) is 0 Å². The van der Waals surface area contributed by atoms with Gasteiger partial charge in [0.15, 0.2) is 5.96 Å². The summed E-state index contributed by atoms with van der Waals surface area (Å²) in [5, 5.41) is 14.4. The maximum atomic E-state index is 11.8. The van der Waals surface area contributed by atoms with Crippen LogP contribution in [0.3, 0.4) is 0 Å². The van der Waals surface area contributed by atoms with Crippen LogP contribution in [0.15, 0.2) is 4.99 Å². The number of amides is 1. The lowest BCUT2D eigenvalue weighted by Gasteiger charge is -2.15.